The lowest BCUT2D eigenvalue weighted by Gasteiger charge is -2.35. The van der Waals surface area contributed by atoms with Gasteiger partial charge in [0, 0.05) is 5.41 Å². The predicted molar refractivity (Wildman–Crippen MR) is 66.3 cm³/mol. The van der Waals surface area contributed by atoms with Gasteiger partial charge in [0.1, 0.15) is 6.29 Å². The molecular weight excluding hydrogens is 228 g/mol. The van der Waals surface area contributed by atoms with Crippen LogP contribution in [0.1, 0.15) is 20.3 Å². The lowest BCUT2D eigenvalue weighted by atomic mass is 9.86. The van der Waals surface area contributed by atoms with Crippen LogP contribution < -0.4 is 0 Å². The van der Waals surface area contributed by atoms with Crippen molar-refractivity contribution in [1.82, 2.24) is 0 Å². The van der Waals surface area contributed by atoms with Gasteiger partial charge in [0.25, 0.3) is 0 Å². The van der Waals surface area contributed by atoms with Crippen molar-refractivity contribution in [2.24, 2.45) is 5.41 Å². The van der Waals surface area contributed by atoms with Gasteiger partial charge in [0.15, 0.2) is 19.5 Å². The van der Waals surface area contributed by atoms with Gasteiger partial charge < -0.3 is 19.1 Å². The maximum absolute atomic E-state index is 9.44. The van der Waals surface area contributed by atoms with Gasteiger partial charge in [-0.15, -0.1) is 0 Å². The fraction of sp³-hybridized carbons (Fsp3) is 1.00. The van der Waals surface area contributed by atoms with E-state index < -0.39 is 25.6 Å². The Morgan fingerprint density at radius 2 is 1.67 bits per heavy atom. The first-order chi connectivity index (χ1) is 6.97. The van der Waals surface area contributed by atoms with E-state index in [1.54, 1.807) is 0 Å². The van der Waals surface area contributed by atoms with Crippen molar-refractivity contribution in [2.45, 2.75) is 45.8 Å². The molecule has 0 spiro atoms. The fourth-order valence-electron chi connectivity index (χ4n) is 1.57. The highest BCUT2D eigenvalue weighted by Gasteiger charge is 2.32. The van der Waals surface area contributed by atoms with Crippen LogP contribution in [0.5, 0.6) is 0 Å². The Kier molecular flexibility index (Phi) is 7.67. The molecule has 0 aromatic carbocycles. The Morgan fingerprint density at radius 3 is 2.00 bits per heavy atom. The second-order valence-corrected chi connectivity index (χ2v) is 6.09. The largest absolute Gasteiger partial charge is 0.400 e. The third-order valence-electron chi connectivity index (χ3n) is 2.25. The van der Waals surface area contributed by atoms with Gasteiger partial charge in [-0.25, -0.2) is 0 Å². The molecule has 0 saturated heterocycles. The third-order valence-corrected chi connectivity index (χ3v) is 3.52. The molecule has 0 amide bonds. The lowest BCUT2D eigenvalue weighted by molar-refractivity contribution is -0.0988. The minimum absolute atomic E-state index is 0.205. The number of aliphatic hydroxyl groups is 2. The average molecular weight is 252 g/mol. The van der Waals surface area contributed by atoms with Crippen LogP contribution in [-0.4, -0.2) is 48.7 Å². The summed E-state index contributed by atoms with van der Waals surface area (Å²) in [6, 6.07) is 0. The first-order valence-electron chi connectivity index (χ1n) is 5.50. The zero-order chi connectivity index (χ0) is 11.9. The number of hydrogen-bond donors (Lipinski definition) is 2. The maximum atomic E-state index is 9.44. The fourth-order valence-corrected chi connectivity index (χ4v) is 3.46. The monoisotopic (exact) mass is 252 g/mol. The Bertz CT molecular complexity index is 160. The zero-order valence-electron chi connectivity index (χ0n) is 10.2. The SMILES string of the molecule is C[SiH2]OC(O[SiH2]C)C(C)(C)CC(O)CO. The van der Waals surface area contributed by atoms with Crippen LogP contribution in [0.25, 0.3) is 0 Å². The molecule has 4 nitrogen and oxygen atoms in total. The molecule has 0 radical (unpaired) electrons. The molecule has 0 aliphatic rings. The summed E-state index contributed by atoms with van der Waals surface area (Å²) in [6.07, 6.45) is -0.407. The normalized spacial score (nSPS) is 18.0. The summed E-state index contributed by atoms with van der Waals surface area (Å²) >= 11 is 0. The van der Waals surface area contributed by atoms with E-state index in [9.17, 15) is 5.11 Å². The van der Waals surface area contributed by atoms with Crippen molar-refractivity contribution in [3.8, 4) is 0 Å². The van der Waals surface area contributed by atoms with Crippen LogP contribution >= 0.6 is 0 Å². The van der Waals surface area contributed by atoms with E-state index in [1.807, 2.05) is 13.8 Å². The summed E-state index contributed by atoms with van der Waals surface area (Å²) in [6.45, 7) is 7.93. The van der Waals surface area contributed by atoms with E-state index >= 15 is 0 Å². The number of rotatable bonds is 8. The van der Waals surface area contributed by atoms with Crippen molar-refractivity contribution in [3.05, 3.63) is 0 Å². The minimum Gasteiger partial charge on any atom is -0.400 e. The van der Waals surface area contributed by atoms with E-state index in [0.29, 0.717) is 6.42 Å². The Hall–Kier alpha value is 0.274. The summed E-state index contributed by atoms with van der Waals surface area (Å²) in [5.74, 6) is 0. The third kappa shape index (κ3) is 5.79. The first kappa shape index (κ1) is 15.3. The van der Waals surface area contributed by atoms with Crippen molar-refractivity contribution >= 4 is 19.5 Å². The van der Waals surface area contributed by atoms with Gasteiger partial charge in [0.05, 0.1) is 12.7 Å². The van der Waals surface area contributed by atoms with Crippen LogP contribution in [0.2, 0.25) is 13.1 Å². The van der Waals surface area contributed by atoms with Gasteiger partial charge >= 0.3 is 0 Å². The lowest BCUT2D eigenvalue weighted by Crippen LogP contribution is -2.39. The predicted octanol–water partition coefficient (Wildman–Crippen LogP) is -0.621. The molecule has 0 fully saturated rings. The molecule has 15 heavy (non-hydrogen) atoms. The van der Waals surface area contributed by atoms with E-state index in [0.717, 1.165) is 0 Å². The molecule has 0 aliphatic carbocycles. The van der Waals surface area contributed by atoms with Crippen LogP contribution in [0.4, 0.5) is 0 Å². The summed E-state index contributed by atoms with van der Waals surface area (Å²) < 4.78 is 11.3. The molecule has 0 aromatic rings. The van der Waals surface area contributed by atoms with Crippen LogP contribution in [0.15, 0.2) is 0 Å². The van der Waals surface area contributed by atoms with Crippen LogP contribution in [-0.2, 0) is 8.85 Å². The maximum Gasteiger partial charge on any atom is 0.161 e. The van der Waals surface area contributed by atoms with Gasteiger partial charge in [-0.2, -0.15) is 0 Å². The molecule has 92 valence electrons. The zero-order valence-corrected chi connectivity index (χ0v) is 13.0. The molecule has 0 aromatic heterocycles. The summed E-state index contributed by atoms with van der Waals surface area (Å²) in [4.78, 5) is 0. The first-order valence-corrected chi connectivity index (χ1v) is 9.48. The van der Waals surface area contributed by atoms with Gasteiger partial charge in [-0.05, 0) is 6.42 Å². The molecule has 1 unspecified atom stereocenters. The highest BCUT2D eigenvalue weighted by atomic mass is 28.2. The average Bonchev–Trinajstić information content (AvgIpc) is 2.16. The molecule has 0 saturated carbocycles. The molecule has 0 bridgehead atoms. The number of aliphatic hydroxyl groups excluding tert-OH is 2. The Balaban J connectivity index is 4.33. The van der Waals surface area contributed by atoms with Crippen molar-refractivity contribution in [1.29, 1.82) is 0 Å². The van der Waals surface area contributed by atoms with E-state index in [1.165, 1.54) is 0 Å². The van der Waals surface area contributed by atoms with Gasteiger partial charge in [0.2, 0.25) is 0 Å². The highest BCUT2D eigenvalue weighted by molar-refractivity contribution is 6.26. The topological polar surface area (TPSA) is 58.9 Å². The van der Waals surface area contributed by atoms with Gasteiger partial charge in [-0.3, -0.25) is 0 Å². The molecule has 6 heteroatoms. The Morgan fingerprint density at radius 1 is 1.20 bits per heavy atom. The standard InChI is InChI=1S/C9H24O4Si2/c1-9(2,5-7(11)6-10)8(12-14-3)13-15-4/h7-8,10-11H,5-6,14-15H2,1-4H3. The molecule has 1 atom stereocenters. The summed E-state index contributed by atoms with van der Waals surface area (Å²) in [7, 11) is -1.04. The van der Waals surface area contributed by atoms with E-state index in [4.69, 9.17) is 14.0 Å². The van der Waals surface area contributed by atoms with Crippen molar-refractivity contribution in [2.75, 3.05) is 6.61 Å². The van der Waals surface area contributed by atoms with Crippen LogP contribution in [0, 0.1) is 5.41 Å². The van der Waals surface area contributed by atoms with Crippen LogP contribution in [0.3, 0.4) is 0 Å². The second kappa shape index (κ2) is 7.53. The molecular formula is C9H24O4Si2. The highest BCUT2D eigenvalue weighted by Crippen LogP contribution is 2.29. The van der Waals surface area contributed by atoms with E-state index in [-0.39, 0.29) is 18.3 Å². The molecule has 2 N–H and O–H groups in total. The minimum atomic E-state index is -0.688. The molecule has 0 aliphatic heterocycles. The summed E-state index contributed by atoms with van der Waals surface area (Å²) in [5, 5.41) is 18.3. The molecule has 0 heterocycles. The molecule has 0 rings (SSSR count). The second-order valence-electron chi connectivity index (χ2n) is 4.27. The van der Waals surface area contributed by atoms with Crippen molar-refractivity contribution < 1.29 is 19.1 Å². The van der Waals surface area contributed by atoms with Crippen molar-refractivity contribution in [3.63, 3.8) is 0 Å². The van der Waals surface area contributed by atoms with E-state index in [2.05, 4.69) is 13.1 Å². The smallest absolute Gasteiger partial charge is 0.161 e. The summed E-state index contributed by atoms with van der Waals surface area (Å²) in [5.41, 5.74) is -0.242. The van der Waals surface area contributed by atoms with Gasteiger partial charge in [-0.1, -0.05) is 26.9 Å². The number of hydrogen-bond acceptors (Lipinski definition) is 4. The quantitative estimate of drug-likeness (QED) is 0.446. The Labute approximate surface area is 96.9 Å².